The van der Waals surface area contributed by atoms with E-state index in [4.69, 9.17) is 16.6 Å². The molecular weight excluding hydrogens is 420 g/mol. The van der Waals surface area contributed by atoms with Crippen molar-refractivity contribution in [1.29, 1.82) is 0 Å². The first-order valence-electron chi connectivity index (χ1n) is 11.3. The number of benzene rings is 2. The molecular formula is C26H31ClN4O. The summed E-state index contributed by atoms with van der Waals surface area (Å²) in [4.78, 5) is 14.2. The minimum absolute atomic E-state index is 0.358. The number of nitrogens with zero attached hydrogens (tertiary/aromatic N) is 4. The van der Waals surface area contributed by atoms with Gasteiger partial charge >= 0.3 is 0 Å². The van der Waals surface area contributed by atoms with Gasteiger partial charge in [-0.1, -0.05) is 60.1 Å². The Hall–Kier alpha value is -2.47. The number of aryl methyl sites for hydroxylation is 2. The normalized spacial score (nSPS) is 15.7. The molecule has 0 radical (unpaired) electrons. The second-order valence-electron chi connectivity index (χ2n) is 8.56. The average Bonchev–Trinajstić information content (AvgIpc) is 2.78. The van der Waals surface area contributed by atoms with Gasteiger partial charge in [-0.05, 0) is 37.5 Å². The van der Waals surface area contributed by atoms with Crippen LogP contribution in [0.15, 0.2) is 54.6 Å². The zero-order valence-corrected chi connectivity index (χ0v) is 19.6. The highest BCUT2D eigenvalue weighted by molar-refractivity contribution is 6.31. The minimum atomic E-state index is -0.358. The Kier molecular flexibility index (Phi) is 7.40. The summed E-state index contributed by atoms with van der Waals surface area (Å²) in [6.45, 7) is 8.26. The first-order chi connectivity index (χ1) is 15.5. The van der Waals surface area contributed by atoms with Crippen molar-refractivity contribution in [2.24, 2.45) is 0 Å². The quantitative estimate of drug-likeness (QED) is 0.588. The van der Waals surface area contributed by atoms with Crippen LogP contribution >= 0.6 is 11.6 Å². The van der Waals surface area contributed by atoms with E-state index in [2.05, 4.69) is 39.9 Å². The molecule has 1 fully saturated rings. The number of hydrogen-bond donors (Lipinski definition) is 1. The molecule has 1 aromatic heterocycles. The van der Waals surface area contributed by atoms with Crippen LogP contribution in [0.3, 0.4) is 0 Å². The number of hydrogen-bond acceptors (Lipinski definition) is 5. The second-order valence-corrected chi connectivity index (χ2v) is 8.96. The Balaban J connectivity index is 1.42. The van der Waals surface area contributed by atoms with Gasteiger partial charge in [-0.15, -0.1) is 0 Å². The zero-order chi connectivity index (χ0) is 22.5. The smallest absolute Gasteiger partial charge is 0.136 e. The molecule has 2 heterocycles. The van der Waals surface area contributed by atoms with Crippen molar-refractivity contribution < 1.29 is 5.11 Å². The van der Waals surface area contributed by atoms with Crippen LogP contribution in [-0.4, -0.2) is 58.8 Å². The molecule has 0 amide bonds. The third kappa shape index (κ3) is 5.66. The molecule has 32 heavy (non-hydrogen) atoms. The molecule has 3 aromatic rings. The SMILES string of the molecule is Cc1nc(C)c(Cc2ccccc2Cl)c(N2CCN(C[C@@H](O)Cc3ccccc3)CC2)n1. The van der Waals surface area contributed by atoms with E-state index in [0.717, 1.165) is 66.1 Å². The Labute approximate surface area is 195 Å². The monoisotopic (exact) mass is 450 g/mol. The lowest BCUT2D eigenvalue weighted by molar-refractivity contribution is 0.109. The standard InChI is InChI=1S/C26H31ClN4O/c1-19-24(17-22-10-6-7-11-25(22)27)26(29-20(2)28-19)31-14-12-30(13-15-31)18-23(32)16-21-8-4-3-5-9-21/h3-11,23,32H,12-18H2,1-2H3/t23-/m0/s1. The maximum absolute atomic E-state index is 10.6. The van der Waals surface area contributed by atoms with Crippen molar-refractivity contribution >= 4 is 17.4 Å². The van der Waals surface area contributed by atoms with E-state index in [1.807, 2.05) is 43.3 Å². The van der Waals surface area contributed by atoms with Crippen LogP contribution in [0.4, 0.5) is 5.82 Å². The molecule has 0 bridgehead atoms. The number of halogens is 1. The first kappa shape index (κ1) is 22.7. The minimum Gasteiger partial charge on any atom is -0.391 e. The predicted octanol–water partition coefficient (Wildman–Crippen LogP) is 4.06. The fraction of sp³-hybridized carbons (Fsp3) is 0.385. The van der Waals surface area contributed by atoms with Gasteiger partial charge in [0, 0.05) is 55.4 Å². The predicted molar refractivity (Wildman–Crippen MR) is 131 cm³/mol. The number of β-amino-alcohol motifs (C(OH)–C–C–N with tert-alkyl or cyclic N) is 1. The van der Waals surface area contributed by atoms with Crippen molar-refractivity contribution in [3.05, 3.63) is 87.8 Å². The van der Waals surface area contributed by atoms with Crippen molar-refractivity contribution in [1.82, 2.24) is 14.9 Å². The largest absolute Gasteiger partial charge is 0.391 e. The maximum atomic E-state index is 10.6. The van der Waals surface area contributed by atoms with Gasteiger partial charge in [-0.3, -0.25) is 4.90 Å². The Morgan fingerprint density at radius 1 is 0.938 bits per heavy atom. The number of rotatable bonds is 7. The van der Waals surface area contributed by atoms with Gasteiger partial charge in [-0.2, -0.15) is 0 Å². The maximum Gasteiger partial charge on any atom is 0.136 e. The van der Waals surface area contributed by atoms with Crippen molar-refractivity contribution in [3.63, 3.8) is 0 Å². The number of aromatic nitrogens is 2. The summed E-state index contributed by atoms with van der Waals surface area (Å²) in [7, 11) is 0. The van der Waals surface area contributed by atoms with Crippen LogP contribution in [0.5, 0.6) is 0 Å². The van der Waals surface area contributed by atoms with E-state index in [0.29, 0.717) is 13.0 Å². The molecule has 6 heteroatoms. The van der Waals surface area contributed by atoms with Gasteiger partial charge < -0.3 is 10.0 Å². The molecule has 1 N–H and O–H groups in total. The van der Waals surface area contributed by atoms with E-state index in [9.17, 15) is 5.11 Å². The molecule has 168 valence electrons. The van der Waals surface area contributed by atoms with Crippen molar-refractivity contribution in [3.8, 4) is 0 Å². The van der Waals surface area contributed by atoms with E-state index >= 15 is 0 Å². The number of aliphatic hydroxyl groups is 1. The summed E-state index contributed by atoms with van der Waals surface area (Å²) in [5.41, 5.74) is 4.41. The van der Waals surface area contributed by atoms with Gasteiger partial charge in [0.1, 0.15) is 11.6 Å². The van der Waals surface area contributed by atoms with E-state index < -0.39 is 0 Å². The fourth-order valence-corrected chi connectivity index (χ4v) is 4.61. The second kappa shape index (κ2) is 10.4. The van der Waals surface area contributed by atoms with Crippen molar-refractivity contribution in [2.75, 3.05) is 37.6 Å². The molecule has 1 aliphatic heterocycles. The highest BCUT2D eigenvalue weighted by Gasteiger charge is 2.24. The lowest BCUT2D eigenvalue weighted by Crippen LogP contribution is -2.49. The lowest BCUT2D eigenvalue weighted by atomic mass is 10.0. The molecule has 1 atom stereocenters. The van der Waals surface area contributed by atoms with Gasteiger partial charge in [-0.25, -0.2) is 9.97 Å². The highest BCUT2D eigenvalue weighted by atomic mass is 35.5. The lowest BCUT2D eigenvalue weighted by Gasteiger charge is -2.37. The highest BCUT2D eigenvalue weighted by Crippen LogP contribution is 2.27. The van der Waals surface area contributed by atoms with Crippen LogP contribution < -0.4 is 4.90 Å². The van der Waals surface area contributed by atoms with E-state index in [1.165, 1.54) is 5.56 Å². The third-order valence-electron chi connectivity index (χ3n) is 6.08. The third-order valence-corrected chi connectivity index (χ3v) is 6.45. The zero-order valence-electron chi connectivity index (χ0n) is 18.8. The van der Waals surface area contributed by atoms with Crippen LogP contribution in [0, 0.1) is 13.8 Å². The summed E-state index contributed by atoms with van der Waals surface area (Å²) < 4.78 is 0. The molecule has 5 nitrogen and oxygen atoms in total. The first-order valence-corrected chi connectivity index (χ1v) is 11.6. The number of aliphatic hydroxyl groups excluding tert-OH is 1. The molecule has 0 saturated carbocycles. The van der Waals surface area contributed by atoms with Gasteiger partial charge in [0.2, 0.25) is 0 Å². The number of anilines is 1. The van der Waals surface area contributed by atoms with Crippen LogP contribution in [-0.2, 0) is 12.8 Å². The summed E-state index contributed by atoms with van der Waals surface area (Å²) >= 11 is 6.44. The summed E-state index contributed by atoms with van der Waals surface area (Å²) in [6, 6.07) is 18.2. The molecule has 0 spiro atoms. The molecule has 0 unspecified atom stereocenters. The van der Waals surface area contributed by atoms with Crippen molar-refractivity contribution in [2.45, 2.75) is 32.8 Å². The Morgan fingerprint density at radius 3 is 2.34 bits per heavy atom. The average molecular weight is 451 g/mol. The van der Waals surface area contributed by atoms with Crippen LogP contribution in [0.1, 0.15) is 28.2 Å². The van der Waals surface area contributed by atoms with E-state index in [1.54, 1.807) is 0 Å². The Bertz CT molecular complexity index is 1040. The Morgan fingerprint density at radius 2 is 1.62 bits per heavy atom. The van der Waals surface area contributed by atoms with Gasteiger partial charge in [0.05, 0.1) is 6.10 Å². The number of piperazine rings is 1. The summed E-state index contributed by atoms with van der Waals surface area (Å²) in [6.07, 6.45) is 1.05. The topological polar surface area (TPSA) is 52.5 Å². The molecule has 1 saturated heterocycles. The summed E-state index contributed by atoms with van der Waals surface area (Å²) in [5.74, 6) is 1.81. The molecule has 1 aliphatic rings. The molecule has 2 aromatic carbocycles. The van der Waals surface area contributed by atoms with Crippen LogP contribution in [0.25, 0.3) is 0 Å². The summed E-state index contributed by atoms with van der Waals surface area (Å²) in [5, 5.41) is 11.3. The molecule has 0 aliphatic carbocycles. The van der Waals surface area contributed by atoms with E-state index in [-0.39, 0.29) is 6.10 Å². The molecule has 4 rings (SSSR count). The van der Waals surface area contributed by atoms with Crippen LogP contribution in [0.2, 0.25) is 5.02 Å². The van der Waals surface area contributed by atoms with Gasteiger partial charge in [0.15, 0.2) is 0 Å². The van der Waals surface area contributed by atoms with Gasteiger partial charge in [0.25, 0.3) is 0 Å². The fourth-order valence-electron chi connectivity index (χ4n) is 4.41.